The summed E-state index contributed by atoms with van der Waals surface area (Å²) in [6.45, 7) is 6.71. The molecule has 0 aliphatic heterocycles. The van der Waals surface area contributed by atoms with Gasteiger partial charge in [-0.3, -0.25) is 9.59 Å². The van der Waals surface area contributed by atoms with Crippen LogP contribution in [0.2, 0.25) is 0 Å². The van der Waals surface area contributed by atoms with Crippen LogP contribution in [0, 0.1) is 23.7 Å². The highest BCUT2D eigenvalue weighted by Crippen LogP contribution is 2.39. The van der Waals surface area contributed by atoms with E-state index in [1.807, 2.05) is 0 Å². The van der Waals surface area contributed by atoms with Crippen LogP contribution in [0.15, 0.2) is 0 Å². The fourth-order valence-electron chi connectivity index (χ4n) is 3.19. The van der Waals surface area contributed by atoms with Crippen LogP contribution in [-0.4, -0.2) is 25.5 Å². The lowest BCUT2D eigenvalue weighted by Crippen LogP contribution is -2.35. The van der Waals surface area contributed by atoms with Gasteiger partial charge in [-0.15, -0.1) is 0 Å². The van der Waals surface area contributed by atoms with E-state index < -0.39 is 5.97 Å². The molecule has 1 N–H and O–H groups in total. The maximum Gasteiger partial charge on any atom is 0.325 e. The molecule has 1 aliphatic rings. The first kappa shape index (κ1) is 16.0. The summed E-state index contributed by atoms with van der Waals surface area (Å²) in [5.41, 5.74) is 0. The smallest absolute Gasteiger partial charge is 0.325 e. The number of rotatable bonds is 5. The molecule has 3 unspecified atom stereocenters. The van der Waals surface area contributed by atoms with Crippen LogP contribution >= 0.6 is 0 Å². The SMILES string of the molecule is COC(=O)CNC(=O)CC1CC(C)CCC1C(C)C. The maximum absolute atomic E-state index is 11.9. The molecule has 0 aromatic carbocycles. The van der Waals surface area contributed by atoms with Crippen LogP contribution in [0.3, 0.4) is 0 Å². The van der Waals surface area contributed by atoms with Crippen molar-refractivity contribution in [1.82, 2.24) is 5.32 Å². The monoisotopic (exact) mass is 269 g/mol. The topological polar surface area (TPSA) is 55.4 Å². The van der Waals surface area contributed by atoms with Crippen molar-refractivity contribution in [3.63, 3.8) is 0 Å². The Morgan fingerprint density at radius 3 is 2.58 bits per heavy atom. The van der Waals surface area contributed by atoms with Crippen molar-refractivity contribution in [2.45, 2.75) is 46.5 Å². The fourth-order valence-corrected chi connectivity index (χ4v) is 3.19. The zero-order chi connectivity index (χ0) is 14.4. The molecule has 110 valence electrons. The Bertz CT molecular complexity index is 315. The normalized spacial score (nSPS) is 27.1. The summed E-state index contributed by atoms with van der Waals surface area (Å²) in [7, 11) is 1.33. The van der Waals surface area contributed by atoms with Crippen molar-refractivity contribution >= 4 is 11.9 Å². The summed E-state index contributed by atoms with van der Waals surface area (Å²) in [5, 5.41) is 2.64. The number of carbonyl (C=O) groups excluding carboxylic acids is 2. The van der Waals surface area contributed by atoms with Gasteiger partial charge in [0.2, 0.25) is 5.91 Å². The molecule has 4 nitrogen and oxygen atoms in total. The number of amides is 1. The van der Waals surface area contributed by atoms with E-state index in [0.717, 1.165) is 6.42 Å². The minimum atomic E-state index is -0.397. The summed E-state index contributed by atoms with van der Waals surface area (Å²) in [6, 6.07) is 0. The standard InChI is InChI=1S/C15H27NO3/c1-10(2)13-6-5-11(3)7-12(13)8-14(17)16-9-15(18)19-4/h10-13H,5-9H2,1-4H3,(H,16,17). The van der Waals surface area contributed by atoms with E-state index in [1.54, 1.807) is 0 Å². The lowest BCUT2D eigenvalue weighted by atomic mass is 9.69. The average molecular weight is 269 g/mol. The number of nitrogens with one attached hydrogen (secondary N) is 1. The van der Waals surface area contributed by atoms with Crippen LogP contribution in [-0.2, 0) is 14.3 Å². The van der Waals surface area contributed by atoms with E-state index in [1.165, 1.54) is 20.0 Å². The molecule has 0 aromatic heterocycles. The molecule has 0 spiro atoms. The number of carbonyl (C=O) groups is 2. The van der Waals surface area contributed by atoms with Gasteiger partial charge in [0.15, 0.2) is 0 Å². The molecule has 0 radical (unpaired) electrons. The third-order valence-electron chi connectivity index (χ3n) is 4.26. The Labute approximate surface area is 116 Å². The molecule has 1 saturated carbocycles. The molecule has 1 fully saturated rings. The molecule has 1 rings (SSSR count). The largest absolute Gasteiger partial charge is 0.468 e. The second-order valence-corrected chi connectivity index (χ2v) is 6.14. The first-order valence-electron chi connectivity index (χ1n) is 7.27. The molecule has 0 aromatic rings. The Balaban J connectivity index is 2.47. The van der Waals surface area contributed by atoms with Crippen LogP contribution < -0.4 is 5.32 Å². The summed E-state index contributed by atoms with van der Waals surface area (Å²) in [4.78, 5) is 22.9. The minimum absolute atomic E-state index is 0.0239. The zero-order valence-corrected chi connectivity index (χ0v) is 12.6. The molecule has 0 heterocycles. The number of ether oxygens (including phenoxy) is 1. The van der Waals surface area contributed by atoms with Gasteiger partial charge in [-0.25, -0.2) is 0 Å². The van der Waals surface area contributed by atoms with E-state index in [-0.39, 0.29) is 12.5 Å². The van der Waals surface area contributed by atoms with E-state index in [4.69, 9.17) is 0 Å². The molecule has 1 amide bonds. The third-order valence-corrected chi connectivity index (χ3v) is 4.26. The van der Waals surface area contributed by atoms with Crippen molar-refractivity contribution in [1.29, 1.82) is 0 Å². The van der Waals surface area contributed by atoms with E-state index >= 15 is 0 Å². The quantitative estimate of drug-likeness (QED) is 0.780. The molecule has 0 saturated heterocycles. The Hall–Kier alpha value is -1.06. The predicted molar refractivity (Wildman–Crippen MR) is 74.5 cm³/mol. The Kier molecular flexibility index (Phi) is 6.32. The average Bonchev–Trinajstić information content (AvgIpc) is 2.35. The number of hydrogen-bond acceptors (Lipinski definition) is 3. The lowest BCUT2D eigenvalue weighted by Gasteiger charge is -2.37. The Morgan fingerprint density at radius 2 is 2.00 bits per heavy atom. The molecule has 3 atom stereocenters. The van der Waals surface area contributed by atoms with Crippen LogP contribution in [0.4, 0.5) is 0 Å². The van der Waals surface area contributed by atoms with E-state index in [0.29, 0.717) is 30.1 Å². The first-order valence-corrected chi connectivity index (χ1v) is 7.27. The molecular weight excluding hydrogens is 242 g/mol. The molecular formula is C15H27NO3. The van der Waals surface area contributed by atoms with Crippen LogP contribution in [0.1, 0.15) is 46.5 Å². The second kappa shape index (κ2) is 7.51. The van der Waals surface area contributed by atoms with Gasteiger partial charge in [0, 0.05) is 6.42 Å². The summed E-state index contributed by atoms with van der Waals surface area (Å²) in [5.74, 6) is 1.96. The van der Waals surface area contributed by atoms with Crippen molar-refractivity contribution in [3.8, 4) is 0 Å². The van der Waals surface area contributed by atoms with E-state index in [9.17, 15) is 9.59 Å². The molecule has 0 bridgehead atoms. The van der Waals surface area contributed by atoms with Gasteiger partial charge in [0.1, 0.15) is 6.54 Å². The van der Waals surface area contributed by atoms with Gasteiger partial charge in [0.05, 0.1) is 7.11 Å². The van der Waals surface area contributed by atoms with Crippen molar-refractivity contribution < 1.29 is 14.3 Å². The van der Waals surface area contributed by atoms with E-state index in [2.05, 4.69) is 30.8 Å². The molecule has 4 heteroatoms. The van der Waals surface area contributed by atoms with Gasteiger partial charge >= 0.3 is 5.97 Å². The van der Waals surface area contributed by atoms with Gasteiger partial charge in [0.25, 0.3) is 0 Å². The van der Waals surface area contributed by atoms with Crippen molar-refractivity contribution in [3.05, 3.63) is 0 Å². The Morgan fingerprint density at radius 1 is 1.32 bits per heavy atom. The maximum atomic E-state index is 11.9. The zero-order valence-electron chi connectivity index (χ0n) is 12.6. The van der Waals surface area contributed by atoms with Crippen LogP contribution in [0.5, 0.6) is 0 Å². The highest BCUT2D eigenvalue weighted by Gasteiger charge is 2.31. The second-order valence-electron chi connectivity index (χ2n) is 6.14. The van der Waals surface area contributed by atoms with Crippen molar-refractivity contribution in [2.24, 2.45) is 23.7 Å². The fraction of sp³-hybridized carbons (Fsp3) is 0.867. The first-order chi connectivity index (χ1) is 8.93. The number of methoxy groups -OCH3 is 1. The van der Waals surface area contributed by atoms with Gasteiger partial charge in [-0.05, 0) is 36.5 Å². The molecule has 19 heavy (non-hydrogen) atoms. The van der Waals surface area contributed by atoms with Gasteiger partial charge in [-0.1, -0.05) is 27.2 Å². The summed E-state index contributed by atoms with van der Waals surface area (Å²) in [6.07, 6.45) is 4.13. The van der Waals surface area contributed by atoms with Gasteiger partial charge in [-0.2, -0.15) is 0 Å². The number of hydrogen-bond donors (Lipinski definition) is 1. The third kappa shape index (κ3) is 5.21. The summed E-state index contributed by atoms with van der Waals surface area (Å²) >= 11 is 0. The highest BCUT2D eigenvalue weighted by atomic mass is 16.5. The van der Waals surface area contributed by atoms with Crippen LogP contribution in [0.25, 0.3) is 0 Å². The minimum Gasteiger partial charge on any atom is -0.468 e. The molecule has 1 aliphatic carbocycles. The number of esters is 1. The summed E-state index contributed by atoms with van der Waals surface area (Å²) < 4.78 is 4.51. The highest BCUT2D eigenvalue weighted by molar-refractivity contribution is 5.81. The van der Waals surface area contributed by atoms with Gasteiger partial charge < -0.3 is 10.1 Å². The van der Waals surface area contributed by atoms with Crippen molar-refractivity contribution in [2.75, 3.05) is 13.7 Å². The lowest BCUT2D eigenvalue weighted by molar-refractivity contribution is -0.141. The predicted octanol–water partition coefficient (Wildman–Crippen LogP) is 2.37.